The number of rotatable bonds is 68. The van der Waals surface area contributed by atoms with Gasteiger partial charge in [-0.25, -0.2) is 4.79 Å². The minimum absolute atomic E-state index is 0.00207. The molecule has 59 heteroatoms. The number of aliphatic hydroxyl groups excluding tert-OH is 4. The molecule has 0 aromatic rings. The van der Waals surface area contributed by atoms with E-state index in [4.69, 9.17) is 44.3 Å². The lowest BCUT2D eigenvalue weighted by Crippen LogP contribution is -2.63. The molecule has 0 bridgehead atoms. The highest BCUT2D eigenvalue weighted by molar-refractivity contribution is 6.03. The van der Waals surface area contributed by atoms with E-state index in [-0.39, 0.29) is 45.2 Å². The quantitative estimate of drug-likeness (QED) is 0.0153. The number of carbonyl (C=O) groups excluding carboxylic acids is 21. The summed E-state index contributed by atoms with van der Waals surface area (Å²) in [4.78, 5) is 331. The smallest absolute Gasteiger partial charge is 0.326 e. The van der Waals surface area contributed by atoms with Crippen LogP contribution in [-0.2, 0) is 120 Å². The van der Waals surface area contributed by atoms with Gasteiger partial charge in [-0.1, -0.05) is 69.2 Å². The van der Waals surface area contributed by atoms with E-state index in [1.165, 1.54) is 76.2 Å². The van der Waals surface area contributed by atoms with E-state index in [2.05, 4.69) is 90.4 Å². The van der Waals surface area contributed by atoms with E-state index in [9.17, 15) is 151 Å². The Kier molecular flexibility index (Phi) is 58.0. The van der Waals surface area contributed by atoms with Gasteiger partial charge in [-0.2, -0.15) is 0 Å². The highest BCUT2D eigenvalue weighted by atomic mass is 16.4. The molecular weight excluding hydrogens is 1910 g/mol. The first-order valence-electron chi connectivity index (χ1n) is 46.1. The molecule has 0 aliphatic rings. The predicted octanol–water partition coefficient (Wildman–Crippen LogP) is -13.9. The van der Waals surface area contributed by atoms with Gasteiger partial charge in [0.2, 0.25) is 124 Å². The van der Waals surface area contributed by atoms with Crippen LogP contribution in [0.4, 0.5) is 0 Å². The van der Waals surface area contributed by atoms with Crippen LogP contribution in [0.25, 0.3) is 0 Å². The molecule has 0 radical (unpaired) electrons. The van der Waals surface area contributed by atoms with Crippen LogP contribution in [0.2, 0.25) is 0 Å². The second kappa shape index (κ2) is 64.3. The molecule has 0 aliphatic heterocycles. The van der Waals surface area contributed by atoms with Gasteiger partial charge in [0.15, 0.2) is 5.96 Å². The van der Waals surface area contributed by atoms with Crippen molar-refractivity contribution >= 4 is 154 Å². The average molecular weight is 2060 g/mol. The van der Waals surface area contributed by atoms with Gasteiger partial charge in [0.1, 0.15) is 103 Å². The summed E-state index contributed by atoms with van der Waals surface area (Å²) >= 11 is 0. The summed E-state index contributed by atoms with van der Waals surface area (Å²) in [6, 6.07) is -30.9. The first-order chi connectivity index (χ1) is 66.7. The van der Waals surface area contributed by atoms with Crippen LogP contribution in [0.5, 0.6) is 0 Å². The summed E-state index contributed by atoms with van der Waals surface area (Å²) in [6.07, 6.45) is -12.7. The molecule has 59 nitrogen and oxygen atoms in total. The van der Waals surface area contributed by atoms with E-state index in [1.54, 1.807) is 0 Å². The molecule has 814 valence electrons. The Morgan fingerprint density at radius 3 is 0.896 bits per heavy atom. The van der Waals surface area contributed by atoms with Crippen molar-refractivity contribution in [2.24, 2.45) is 58.3 Å². The van der Waals surface area contributed by atoms with Crippen LogP contribution in [0.1, 0.15) is 188 Å². The van der Waals surface area contributed by atoms with Gasteiger partial charge in [-0.15, -0.1) is 0 Å². The summed E-state index contributed by atoms with van der Waals surface area (Å²) in [5.74, 6) is -34.7. The van der Waals surface area contributed by atoms with Crippen molar-refractivity contribution < 1.29 is 161 Å². The molecule has 0 aromatic heterocycles. The van der Waals surface area contributed by atoms with Crippen LogP contribution < -0.4 is 135 Å². The number of unbranched alkanes of at least 4 members (excludes halogenated alkanes) is 1. The van der Waals surface area contributed by atoms with Gasteiger partial charge < -0.3 is 176 Å². The topological polar surface area (TPSA) is 983 Å². The van der Waals surface area contributed by atoms with Gasteiger partial charge in [0.05, 0.1) is 62.8 Å². The first kappa shape index (κ1) is 130. The molecule has 22 atom stereocenters. The molecule has 0 spiro atoms. The molecule has 21 amide bonds. The third-order valence-electron chi connectivity index (χ3n) is 21.4. The number of primary amides is 2. The van der Waals surface area contributed by atoms with Gasteiger partial charge in [0.25, 0.3) is 0 Å². The molecule has 0 rings (SSSR count). The number of hydrogen-bond acceptors (Lipinski definition) is 32. The van der Waals surface area contributed by atoms with E-state index in [0.29, 0.717) is 0 Å². The molecule has 0 saturated heterocycles. The van der Waals surface area contributed by atoms with E-state index < -0.39 is 375 Å². The maximum absolute atomic E-state index is 14.5. The first-order valence-corrected chi connectivity index (χ1v) is 46.1. The number of carbonyl (C=O) groups is 25. The molecule has 0 fully saturated rings. The summed E-state index contributed by atoms with van der Waals surface area (Å²) in [5, 5.41) is 134. The fraction of sp³-hybridized carbons (Fsp3) is 0.694. The van der Waals surface area contributed by atoms with Crippen LogP contribution in [0.15, 0.2) is 0 Å². The van der Waals surface area contributed by atoms with Crippen molar-refractivity contribution in [1.29, 1.82) is 5.41 Å². The number of nitrogens with two attached hydrogens (primary N) is 5. The Morgan fingerprint density at radius 1 is 0.264 bits per heavy atom. The van der Waals surface area contributed by atoms with Gasteiger partial charge >= 0.3 is 23.9 Å². The van der Waals surface area contributed by atoms with E-state index in [1.807, 2.05) is 16.0 Å². The number of amides is 21. The Labute approximate surface area is 828 Å². The lowest BCUT2D eigenvalue weighted by molar-refractivity contribution is -0.144. The minimum Gasteiger partial charge on any atom is -0.481 e. The zero-order valence-corrected chi connectivity index (χ0v) is 83.1. The largest absolute Gasteiger partial charge is 0.481 e. The van der Waals surface area contributed by atoms with Gasteiger partial charge in [-0.05, 0) is 123 Å². The predicted molar refractivity (Wildman–Crippen MR) is 502 cm³/mol. The van der Waals surface area contributed by atoms with Crippen molar-refractivity contribution in [3.05, 3.63) is 0 Å². The standard InChI is InChI=1S/C85H146N26O33/c1-33(2)58(75(134)94-32-54(119)104-63(40(13)112)82(141)111-65(42(15)114)81(140)102-50(30-52(89)117)74(133)101-49(29-51(88)116)73(132)100-48(84(143)144)23-25-56(122)123)107-78(137)62(37(9)10)108-83(142)66(43(16)115)110-79(138)61(36(7)8)105-68(127)39(12)96-76(135)60(35(5)6)106-72(131)46(21-19-27-92-85(90)91)98-71(130)45(20-17-18-26-86)99-80(139)64(41(14)113)109-77(136)59(34(3)4)103-53(118)31-93-70(129)47(22-24-55(120)121)97-67(126)38(11)95-69(128)44(87)28-57(124)125/h33-50,58-66,112-115H,17-32,86-87H2,1-16H3,(H2,88,116)(H2,89,117)(H,93,129)(H,94,134)(H,95,128)(H,96,135)(H,97,126)(H,98,130)(H,99,139)(H,100,132)(H,101,133)(H,102,140)(H,103,118)(H,104,119)(H,105,127)(H,106,131)(H,107,137)(H,108,142)(H,109,136)(H,110,138)(H,111,141)(H,120,121)(H,122,123)(H,124,125)(H,143,144)(H4,90,91,92)/t38-,39-,40+,41+,42+,43+,44-,45-,46-,47-,48-,49-,50-,58-,59-,60-,61-,62-,63-,64-,65-,66-/m0/s1. The van der Waals surface area contributed by atoms with E-state index >= 15 is 0 Å². The summed E-state index contributed by atoms with van der Waals surface area (Å²) in [7, 11) is 0. The molecule has 0 aliphatic carbocycles. The number of aliphatic hydroxyl groups is 4. The highest BCUT2D eigenvalue weighted by Crippen LogP contribution is 2.16. The summed E-state index contributed by atoms with van der Waals surface area (Å²) < 4.78 is 0. The van der Waals surface area contributed by atoms with Crippen LogP contribution in [0, 0.1) is 35.0 Å². The second-order valence-electron chi connectivity index (χ2n) is 36.0. The Hall–Kier alpha value is -14.2. The van der Waals surface area contributed by atoms with Crippen molar-refractivity contribution in [3.63, 3.8) is 0 Å². The maximum atomic E-state index is 14.5. The normalized spacial score (nSPS) is 15.8. The number of carboxylic acid groups (broad SMARTS) is 4. The SMILES string of the molecule is CC(C)[C@H](NC(=O)CNC(=O)[C@H](CCC(=O)O)NC(=O)[C@H](C)NC(=O)[C@@H](N)CC(=O)O)C(=O)N[C@H](C(=O)N[C@@H](CCCCN)C(=O)N[C@@H](CCCNC(=N)N)C(=O)N[C@H](C(=O)N[C@@H](C)C(=O)N[C@H](C(=O)N[C@H](C(=O)N[C@H](C(=O)N[C@H](C(=O)NCC(=O)N[C@H](C(=O)N[C@H](C(=O)N[C@@H](CC(N)=O)C(=O)N[C@@H](CC(N)=O)C(=O)N[C@@H](CCC(=O)O)C(=O)O)[C@@H](C)O)[C@@H](C)O)C(C)C)C(C)C)[C@@H](C)O)C(C)C)C(C)C)[C@@H](C)O. The van der Waals surface area contributed by atoms with Crippen LogP contribution in [-0.4, -0.2) is 354 Å². The van der Waals surface area contributed by atoms with Crippen molar-refractivity contribution in [1.82, 2.24) is 106 Å². The third-order valence-corrected chi connectivity index (χ3v) is 21.4. The Balaban J connectivity index is 6.70. The molecule has 0 aromatic carbocycles. The Morgan fingerprint density at radius 2 is 0.528 bits per heavy atom. The number of nitrogens with one attached hydrogen (secondary N) is 21. The average Bonchev–Trinajstić information content (AvgIpc) is 0.834. The zero-order valence-electron chi connectivity index (χ0n) is 83.1. The Bertz CT molecular complexity index is 4500. The minimum atomic E-state index is -2.12. The fourth-order valence-corrected chi connectivity index (χ4v) is 13.2. The highest BCUT2D eigenvalue weighted by Gasteiger charge is 2.43. The second-order valence-corrected chi connectivity index (χ2v) is 36.0. The fourth-order valence-electron chi connectivity index (χ4n) is 13.2. The van der Waals surface area contributed by atoms with Crippen LogP contribution in [0.3, 0.4) is 0 Å². The lowest BCUT2D eigenvalue weighted by atomic mass is 9.98. The summed E-state index contributed by atoms with van der Waals surface area (Å²) in [5.41, 5.74) is 27.4. The molecule has 0 heterocycles. The number of hydrogen-bond donors (Lipinski definition) is 34. The van der Waals surface area contributed by atoms with Gasteiger partial charge in [0, 0.05) is 19.4 Å². The third kappa shape index (κ3) is 48.5. The van der Waals surface area contributed by atoms with E-state index in [0.717, 1.165) is 34.6 Å². The van der Waals surface area contributed by atoms with Crippen molar-refractivity contribution in [3.8, 4) is 0 Å². The molecule has 144 heavy (non-hydrogen) atoms. The number of aliphatic carboxylic acids is 4. The number of guanidine groups is 1. The number of carboxylic acids is 4. The lowest BCUT2D eigenvalue weighted by Gasteiger charge is -2.30. The zero-order chi connectivity index (χ0) is 111. The molecular formula is C85H146N26O33. The molecule has 0 unspecified atom stereocenters. The van der Waals surface area contributed by atoms with Crippen molar-refractivity contribution in [2.75, 3.05) is 26.2 Å². The molecule has 0 saturated carbocycles. The van der Waals surface area contributed by atoms with Crippen molar-refractivity contribution in [2.45, 2.75) is 321 Å². The van der Waals surface area contributed by atoms with Crippen LogP contribution >= 0.6 is 0 Å². The van der Waals surface area contributed by atoms with Gasteiger partial charge in [-0.3, -0.25) is 120 Å². The molecule has 39 N–H and O–H groups in total. The monoisotopic (exact) mass is 2060 g/mol. The maximum Gasteiger partial charge on any atom is 0.326 e. The summed E-state index contributed by atoms with van der Waals surface area (Å²) in [6.45, 7) is 19.4.